The molecule has 1 aliphatic carbocycles. The molecule has 3 aromatic heterocycles. The summed E-state index contributed by atoms with van der Waals surface area (Å²) in [4.78, 5) is 24.4. The van der Waals surface area contributed by atoms with Crippen molar-refractivity contribution in [2.75, 3.05) is 5.73 Å². The van der Waals surface area contributed by atoms with E-state index in [4.69, 9.17) is 5.73 Å². The van der Waals surface area contributed by atoms with Crippen LogP contribution in [0.5, 0.6) is 0 Å². The van der Waals surface area contributed by atoms with Gasteiger partial charge in [0.2, 0.25) is 6.41 Å². The monoisotopic (exact) mass is 347 g/mol. The van der Waals surface area contributed by atoms with Gasteiger partial charge in [-0.05, 0) is 54.8 Å². The highest BCUT2D eigenvalue weighted by Gasteiger charge is 2.39. The van der Waals surface area contributed by atoms with E-state index in [1.807, 2.05) is 24.4 Å². The molecular formula is C20H21N5O. The van der Waals surface area contributed by atoms with E-state index in [1.54, 1.807) is 12.4 Å². The number of aryl methyl sites for hydroxylation is 1. The molecule has 0 bridgehead atoms. The molecule has 6 nitrogen and oxygen atoms in total. The molecule has 0 aromatic carbocycles. The number of carbonyl (C=O) groups is 1. The van der Waals surface area contributed by atoms with Crippen molar-refractivity contribution in [1.29, 1.82) is 0 Å². The SMILES string of the molecule is CCc1ccncc1-c1cc2cc(C3(NC=O)CCC3)ncc2c(N)n1. The van der Waals surface area contributed by atoms with E-state index in [0.29, 0.717) is 5.82 Å². The Labute approximate surface area is 151 Å². The van der Waals surface area contributed by atoms with E-state index >= 15 is 0 Å². The van der Waals surface area contributed by atoms with Gasteiger partial charge < -0.3 is 11.1 Å². The molecule has 1 fully saturated rings. The van der Waals surface area contributed by atoms with Crippen molar-refractivity contribution in [3.8, 4) is 11.3 Å². The number of carbonyl (C=O) groups excluding carboxylic acids is 1. The van der Waals surface area contributed by atoms with Gasteiger partial charge in [-0.25, -0.2) is 4.98 Å². The van der Waals surface area contributed by atoms with Gasteiger partial charge in [-0.2, -0.15) is 0 Å². The topological polar surface area (TPSA) is 93.8 Å². The lowest BCUT2D eigenvalue weighted by Gasteiger charge is -2.40. The number of hydrogen-bond acceptors (Lipinski definition) is 5. The Morgan fingerprint density at radius 3 is 2.85 bits per heavy atom. The van der Waals surface area contributed by atoms with Crippen molar-refractivity contribution in [2.45, 2.75) is 38.1 Å². The van der Waals surface area contributed by atoms with Gasteiger partial charge in [0.05, 0.1) is 16.9 Å². The average Bonchev–Trinajstić information content (AvgIpc) is 2.64. The Morgan fingerprint density at radius 2 is 2.15 bits per heavy atom. The van der Waals surface area contributed by atoms with Crippen LogP contribution in [0.25, 0.3) is 22.0 Å². The first-order valence-electron chi connectivity index (χ1n) is 8.88. The summed E-state index contributed by atoms with van der Waals surface area (Å²) in [5.41, 5.74) is 9.71. The summed E-state index contributed by atoms with van der Waals surface area (Å²) >= 11 is 0. The molecule has 3 aromatic rings. The first-order chi connectivity index (χ1) is 12.7. The maximum absolute atomic E-state index is 11.0. The highest BCUT2D eigenvalue weighted by atomic mass is 16.1. The molecule has 3 heterocycles. The quantitative estimate of drug-likeness (QED) is 0.692. The fourth-order valence-corrected chi connectivity index (χ4v) is 3.65. The van der Waals surface area contributed by atoms with E-state index in [0.717, 1.165) is 59.8 Å². The highest BCUT2D eigenvalue weighted by Crippen LogP contribution is 2.41. The van der Waals surface area contributed by atoms with Crippen LogP contribution in [0.4, 0.5) is 5.82 Å². The first-order valence-corrected chi connectivity index (χ1v) is 8.88. The summed E-state index contributed by atoms with van der Waals surface area (Å²) in [5.74, 6) is 0.452. The molecule has 1 saturated carbocycles. The van der Waals surface area contributed by atoms with E-state index < -0.39 is 0 Å². The molecule has 4 rings (SSSR count). The normalized spacial score (nSPS) is 15.4. The lowest BCUT2D eigenvalue weighted by Crippen LogP contribution is -2.48. The van der Waals surface area contributed by atoms with Crippen molar-refractivity contribution in [1.82, 2.24) is 20.3 Å². The molecule has 0 atom stereocenters. The Kier molecular flexibility index (Phi) is 4.03. The number of amides is 1. The van der Waals surface area contributed by atoms with Crippen LogP contribution in [-0.2, 0) is 16.8 Å². The fourth-order valence-electron chi connectivity index (χ4n) is 3.65. The molecule has 26 heavy (non-hydrogen) atoms. The number of nitrogens with two attached hydrogens (primary N) is 1. The van der Waals surface area contributed by atoms with Crippen molar-refractivity contribution >= 4 is 23.0 Å². The number of hydrogen-bond donors (Lipinski definition) is 2. The molecule has 3 N–H and O–H groups in total. The molecule has 1 aliphatic rings. The van der Waals surface area contributed by atoms with E-state index in [-0.39, 0.29) is 5.54 Å². The van der Waals surface area contributed by atoms with Crippen LogP contribution in [0, 0.1) is 0 Å². The minimum Gasteiger partial charge on any atom is -0.383 e. The zero-order valence-corrected chi connectivity index (χ0v) is 14.7. The Balaban J connectivity index is 1.86. The predicted octanol–water partition coefficient (Wildman–Crippen LogP) is 2.96. The summed E-state index contributed by atoms with van der Waals surface area (Å²) in [7, 11) is 0. The molecule has 0 spiro atoms. The zero-order valence-electron chi connectivity index (χ0n) is 14.7. The van der Waals surface area contributed by atoms with Gasteiger partial charge in [0, 0.05) is 29.5 Å². The number of nitrogens with zero attached hydrogens (tertiary/aromatic N) is 3. The van der Waals surface area contributed by atoms with Gasteiger partial charge in [-0.3, -0.25) is 14.8 Å². The Hall–Kier alpha value is -3.02. The number of fused-ring (bicyclic) bond motifs is 1. The minimum absolute atomic E-state index is 0.350. The van der Waals surface area contributed by atoms with Crippen LogP contribution in [0.1, 0.15) is 37.4 Å². The van der Waals surface area contributed by atoms with Gasteiger partial charge >= 0.3 is 0 Å². The zero-order chi connectivity index (χ0) is 18.1. The lowest BCUT2D eigenvalue weighted by molar-refractivity contribution is -0.112. The van der Waals surface area contributed by atoms with Gasteiger partial charge in [0.25, 0.3) is 0 Å². The summed E-state index contributed by atoms with van der Waals surface area (Å²) < 4.78 is 0. The lowest BCUT2D eigenvalue weighted by atomic mass is 9.74. The predicted molar refractivity (Wildman–Crippen MR) is 101 cm³/mol. The van der Waals surface area contributed by atoms with E-state index in [9.17, 15) is 4.79 Å². The summed E-state index contributed by atoms with van der Waals surface area (Å²) in [6.45, 7) is 2.11. The maximum atomic E-state index is 11.0. The number of nitrogens with one attached hydrogen (secondary N) is 1. The van der Waals surface area contributed by atoms with Crippen molar-refractivity contribution in [3.05, 3.63) is 48.0 Å². The second kappa shape index (κ2) is 6.37. The second-order valence-electron chi connectivity index (χ2n) is 6.77. The molecule has 0 aliphatic heterocycles. The molecule has 0 unspecified atom stereocenters. The molecule has 1 amide bonds. The Morgan fingerprint density at radius 1 is 1.31 bits per heavy atom. The first kappa shape index (κ1) is 16.4. The van der Waals surface area contributed by atoms with Crippen molar-refractivity contribution in [3.63, 3.8) is 0 Å². The molecule has 6 heteroatoms. The third kappa shape index (κ3) is 2.58. The number of aromatic nitrogens is 3. The van der Waals surface area contributed by atoms with Crippen molar-refractivity contribution in [2.24, 2.45) is 0 Å². The number of rotatable bonds is 5. The average molecular weight is 347 g/mol. The number of nitrogen functional groups attached to an aromatic ring is 1. The third-order valence-corrected chi connectivity index (χ3v) is 5.35. The third-order valence-electron chi connectivity index (χ3n) is 5.35. The smallest absolute Gasteiger partial charge is 0.207 e. The molecule has 0 saturated heterocycles. The maximum Gasteiger partial charge on any atom is 0.207 e. The van der Waals surface area contributed by atoms with Gasteiger partial charge in [0.15, 0.2) is 0 Å². The van der Waals surface area contributed by atoms with Crippen LogP contribution in [0.2, 0.25) is 0 Å². The fraction of sp³-hybridized carbons (Fsp3) is 0.300. The van der Waals surface area contributed by atoms with E-state index in [2.05, 4.69) is 27.2 Å². The summed E-state index contributed by atoms with van der Waals surface area (Å²) in [5, 5.41) is 4.75. The molecule has 0 radical (unpaired) electrons. The van der Waals surface area contributed by atoms with Gasteiger partial charge in [0.1, 0.15) is 5.82 Å². The van der Waals surface area contributed by atoms with Crippen LogP contribution >= 0.6 is 0 Å². The number of pyridine rings is 3. The van der Waals surface area contributed by atoms with E-state index in [1.165, 1.54) is 5.56 Å². The van der Waals surface area contributed by atoms with Crippen LogP contribution < -0.4 is 11.1 Å². The Bertz CT molecular complexity index is 981. The summed E-state index contributed by atoms with van der Waals surface area (Å²) in [6.07, 6.45) is 9.93. The van der Waals surface area contributed by atoms with Crippen LogP contribution in [-0.4, -0.2) is 21.4 Å². The standard InChI is InChI=1S/C20H21N5O/c1-2-13-4-7-22-10-15(13)17-8-14-9-18(20(24-12-26)5-3-6-20)23-11-16(14)19(21)25-17/h4,7-12H,2-3,5-6H2,1H3,(H2,21,25)(H,24,26). The van der Waals surface area contributed by atoms with Gasteiger partial charge in [-0.1, -0.05) is 6.92 Å². The molecular weight excluding hydrogens is 326 g/mol. The largest absolute Gasteiger partial charge is 0.383 e. The second-order valence-corrected chi connectivity index (χ2v) is 6.77. The number of anilines is 1. The molecule has 132 valence electrons. The van der Waals surface area contributed by atoms with Crippen LogP contribution in [0.3, 0.4) is 0 Å². The highest BCUT2D eigenvalue weighted by molar-refractivity contribution is 5.93. The minimum atomic E-state index is -0.350. The van der Waals surface area contributed by atoms with Crippen molar-refractivity contribution < 1.29 is 4.79 Å². The van der Waals surface area contributed by atoms with Crippen LogP contribution in [0.15, 0.2) is 36.8 Å². The van der Waals surface area contributed by atoms with Gasteiger partial charge in [-0.15, -0.1) is 0 Å². The summed E-state index contributed by atoms with van der Waals surface area (Å²) in [6, 6.07) is 6.06.